The molecule has 11 N–H and O–H groups in total. The van der Waals surface area contributed by atoms with Crippen molar-refractivity contribution < 1.29 is 33.4 Å². The summed E-state index contributed by atoms with van der Waals surface area (Å²) in [5.41, 5.74) is 9.50. The number of aromatic nitrogens is 11. The van der Waals surface area contributed by atoms with E-state index in [2.05, 4.69) is 173 Å². The second-order valence-corrected chi connectivity index (χ2v) is 28.2. The van der Waals surface area contributed by atoms with Crippen LogP contribution in [0.3, 0.4) is 0 Å². The molecule has 3 aliphatic rings. The lowest BCUT2D eigenvalue weighted by Gasteiger charge is -2.34. The predicted molar refractivity (Wildman–Crippen MR) is 462 cm³/mol. The molecule has 1 amide bonds. The zero-order valence-corrected chi connectivity index (χ0v) is 68.3. The average Bonchev–Trinajstić information content (AvgIpc) is 0.840. The monoisotopic (exact) mass is 1640 g/mol. The van der Waals surface area contributed by atoms with E-state index in [0.717, 1.165) is 105 Å². The average molecular weight is 1640 g/mol. The van der Waals surface area contributed by atoms with Crippen molar-refractivity contribution in [1.82, 2.24) is 84.6 Å². The maximum atomic E-state index is 12.7. The van der Waals surface area contributed by atoms with Gasteiger partial charge in [-0.3, -0.25) is 24.3 Å². The zero-order chi connectivity index (χ0) is 85.4. The maximum Gasteiger partial charge on any atom is 0.328 e. The smallest absolute Gasteiger partial charge is 0.328 e. The number of piperazine rings is 3. The summed E-state index contributed by atoms with van der Waals surface area (Å²) in [6, 6.07) is 43.1. The number of nitrogens with zero attached hydrogens (tertiary/aromatic N) is 18. The van der Waals surface area contributed by atoms with Crippen LogP contribution in [0, 0.1) is 19.7 Å². The predicted octanol–water partition coefficient (Wildman–Crippen LogP) is 8.41. The Hall–Kier alpha value is -14.4. The van der Waals surface area contributed by atoms with E-state index in [1.807, 2.05) is 72.8 Å². The highest BCUT2D eigenvalue weighted by molar-refractivity contribution is 5.92. The van der Waals surface area contributed by atoms with Gasteiger partial charge in [0.25, 0.3) is 11.5 Å². The zero-order valence-electron chi connectivity index (χ0n) is 68.3. The molecule has 37 nitrogen and oxygen atoms in total. The lowest BCUT2D eigenvalue weighted by atomic mass is 10.1. The number of carbonyl (C=O) groups excluding carboxylic acids is 4. The van der Waals surface area contributed by atoms with Crippen LogP contribution < -0.4 is 58.7 Å². The number of likely N-dealkylation sites (N-methyl/N-ethyl adjacent to an activating group) is 1. The Balaban J connectivity index is 0.000000179. The Morgan fingerprint density at radius 2 is 0.744 bits per heavy atom. The second-order valence-electron chi connectivity index (χ2n) is 28.2. The van der Waals surface area contributed by atoms with Gasteiger partial charge in [0, 0.05) is 168 Å². The minimum absolute atomic E-state index is 0.0964. The number of hydrogen-bond acceptors (Lipinski definition) is 32. The number of benzene rings is 6. The van der Waals surface area contributed by atoms with Crippen LogP contribution in [0.1, 0.15) is 43.9 Å². The van der Waals surface area contributed by atoms with Crippen molar-refractivity contribution in [3.8, 4) is 0 Å². The summed E-state index contributed by atoms with van der Waals surface area (Å²) in [6.45, 7) is 34.3. The third-order valence-electron chi connectivity index (χ3n) is 19.6. The van der Waals surface area contributed by atoms with Gasteiger partial charge in [-0.25, -0.2) is 33.9 Å². The number of nitrogens with one attached hydrogen (secondary N) is 11. The van der Waals surface area contributed by atoms with Crippen molar-refractivity contribution >= 4 is 111 Å². The number of methoxy groups -OCH3 is 3. The Labute approximate surface area is 700 Å². The first kappa shape index (κ1) is 87.4. The Morgan fingerprint density at radius 3 is 1.07 bits per heavy atom. The molecule has 0 saturated carbocycles. The molecule has 13 rings (SSSR count). The highest BCUT2D eigenvalue weighted by Gasteiger charge is 2.28. The number of amides is 1. The molecule has 3 fully saturated rings. The van der Waals surface area contributed by atoms with Crippen LogP contribution in [-0.2, 0) is 67.5 Å². The molecule has 3 saturated heterocycles. The standard InChI is InChI=1S/C31H33N11O4.C27H33N9O2.C26H31N9O2/c1-32-22-9-7-20(8-10-22)18-24(28(45)46-3)37-31-39-29(33-2)38-30(40-31)36-23-6-4-5-21(17-23)19-41-13-15-42(16-14-41)27(44)25-26(43)35-12-11-34-25;1-28-21-10-8-19(9-11-21)17-23(24(37)38-4)31-27-33-25(29-2)32-26(34-27)30-22-7-5-6-20(16-22)18-36-14-12-35(3)13-15-36;1-27-20-9-7-18(8-10-20)16-22(23(36)37-3)31-26-33-24(28-2)32-25(34-26)30-21-6-4-5-19(15-21)17-35-13-11-29-12-14-35/h4-12,17,24H,13-16,18-19H2,2-3H3,(H,35,43)(H3,33,36,37,38,39,40);5-11,16,23H,12-15,17-18H2,2-4H3,(H3,29,30,31,32,33,34);4-10,15,22,29H,11-14,16-17H2,2-3H3,(H3,28,30,31,32,33,34)/t24-;23-;22-/m000/s1. The van der Waals surface area contributed by atoms with E-state index in [4.69, 9.17) is 33.9 Å². The van der Waals surface area contributed by atoms with E-state index in [1.54, 1.807) is 74.6 Å². The topological polar surface area (TPSA) is 407 Å². The van der Waals surface area contributed by atoms with Gasteiger partial charge in [-0.2, -0.15) is 44.9 Å². The van der Waals surface area contributed by atoms with Crippen molar-refractivity contribution in [3.63, 3.8) is 0 Å². The molecular formula is C84H97N29O8. The van der Waals surface area contributed by atoms with Crippen LogP contribution in [0.25, 0.3) is 14.5 Å². The number of carbonyl (C=O) groups is 4. The van der Waals surface area contributed by atoms with Gasteiger partial charge in [0.1, 0.15) is 18.1 Å². The Bertz CT molecular complexity index is 5320. The SMILES string of the molecule is [C-]#[N+]c1ccc(C[C@H](Nc2nc(NC)nc(Nc3cccc(CN4CCN(C(=O)c5ncc[nH]c5=O)CC4)c3)n2)C(=O)OC)cc1.[C-]#[N+]c1ccc(C[C@H](Nc2nc(NC)nc(Nc3cccc(CN4CCN(C)CC4)c3)n2)C(=O)OC)cc1.[C-]#[N+]c1ccc(C[C@H](Nc2nc(NC)nc(Nc3cccc(CN4CCNCC4)c3)n2)C(=O)OC)cc1. The van der Waals surface area contributed by atoms with Gasteiger partial charge in [0.05, 0.1) is 41.0 Å². The Morgan fingerprint density at radius 1 is 0.421 bits per heavy atom. The molecule has 7 heterocycles. The molecule has 37 heteroatoms. The molecule has 0 unspecified atom stereocenters. The quantitative estimate of drug-likeness (QED) is 0.0110. The lowest BCUT2D eigenvalue weighted by Crippen LogP contribution is -2.49. The fourth-order valence-corrected chi connectivity index (χ4v) is 13.2. The summed E-state index contributed by atoms with van der Waals surface area (Å²) in [5, 5.41) is 31.2. The minimum atomic E-state index is -0.785. The largest absolute Gasteiger partial charge is 0.467 e. The summed E-state index contributed by atoms with van der Waals surface area (Å²) >= 11 is 0. The minimum Gasteiger partial charge on any atom is -0.467 e. The fourth-order valence-electron chi connectivity index (χ4n) is 13.2. The molecule has 0 aliphatic carbocycles. The van der Waals surface area contributed by atoms with Crippen molar-refractivity contribution in [2.24, 2.45) is 0 Å². The normalized spacial score (nSPS) is 14.2. The van der Waals surface area contributed by atoms with Gasteiger partial charge >= 0.3 is 17.9 Å². The molecule has 121 heavy (non-hydrogen) atoms. The molecule has 10 aromatic rings. The van der Waals surface area contributed by atoms with Crippen LogP contribution in [0.4, 0.5) is 87.7 Å². The van der Waals surface area contributed by atoms with Crippen molar-refractivity contribution in [2.75, 3.05) is 176 Å². The van der Waals surface area contributed by atoms with E-state index in [1.165, 1.54) is 44.8 Å². The highest BCUT2D eigenvalue weighted by atomic mass is 16.5. The van der Waals surface area contributed by atoms with Crippen LogP contribution in [0.5, 0.6) is 0 Å². The lowest BCUT2D eigenvalue weighted by molar-refractivity contribution is -0.142. The summed E-state index contributed by atoms with van der Waals surface area (Å²) in [4.78, 5) is 130. The molecule has 3 aliphatic heterocycles. The van der Waals surface area contributed by atoms with E-state index >= 15 is 0 Å². The number of ether oxygens (including phenoxy) is 3. The number of hydrogen-bond donors (Lipinski definition) is 11. The summed E-state index contributed by atoms with van der Waals surface area (Å²) < 4.78 is 15.0. The first-order valence-corrected chi connectivity index (χ1v) is 39.1. The van der Waals surface area contributed by atoms with Gasteiger partial charge in [-0.1, -0.05) is 109 Å². The Kier molecular flexibility index (Phi) is 32.0. The molecule has 4 aromatic heterocycles. The molecular weight excluding hydrogens is 1540 g/mol. The third kappa shape index (κ3) is 26.5. The summed E-state index contributed by atoms with van der Waals surface area (Å²) in [6.07, 6.45) is 3.77. The van der Waals surface area contributed by atoms with Gasteiger partial charge in [0.15, 0.2) is 22.8 Å². The van der Waals surface area contributed by atoms with E-state index in [-0.39, 0.29) is 35.4 Å². The van der Waals surface area contributed by atoms with Crippen LogP contribution in [0.2, 0.25) is 0 Å². The number of rotatable bonds is 31. The number of aromatic amines is 1. The first-order valence-electron chi connectivity index (χ1n) is 39.1. The van der Waals surface area contributed by atoms with Crippen molar-refractivity contribution in [2.45, 2.75) is 57.0 Å². The van der Waals surface area contributed by atoms with Crippen LogP contribution >= 0.6 is 0 Å². The third-order valence-corrected chi connectivity index (χ3v) is 19.6. The second kappa shape index (κ2) is 44.2. The van der Waals surface area contributed by atoms with Crippen molar-refractivity contribution in [1.29, 1.82) is 0 Å². The highest BCUT2D eigenvalue weighted by Crippen LogP contribution is 2.26. The van der Waals surface area contributed by atoms with E-state index in [0.29, 0.717) is 98.8 Å². The van der Waals surface area contributed by atoms with Gasteiger partial charge in [0.2, 0.25) is 53.5 Å². The maximum absolute atomic E-state index is 12.7. The number of H-pyrrole nitrogens is 1. The molecule has 0 bridgehead atoms. The molecule has 3 atom stereocenters. The molecule has 6 aromatic carbocycles. The molecule has 0 radical (unpaired) electrons. The summed E-state index contributed by atoms with van der Waals surface area (Å²) in [7, 11) is 11.3. The van der Waals surface area contributed by atoms with Gasteiger partial charge in [-0.05, 0) is 76.8 Å². The van der Waals surface area contributed by atoms with Crippen LogP contribution in [0.15, 0.2) is 163 Å². The van der Waals surface area contributed by atoms with Crippen LogP contribution in [-0.4, -0.2) is 249 Å². The van der Waals surface area contributed by atoms with Gasteiger partial charge in [-0.15, -0.1) is 0 Å². The number of esters is 3. The molecule has 626 valence electrons. The first-order chi connectivity index (χ1) is 58.8. The van der Waals surface area contributed by atoms with E-state index < -0.39 is 41.6 Å². The summed E-state index contributed by atoms with van der Waals surface area (Å²) in [5.74, 6) is 0.818. The molecule has 0 spiro atoms. The fraction of sp³-hybridized carbons (Fsp3) is 0.333. The van der Waals surface area contributed by atoms with Crippen molar-refractivity contribution in [3.05, 3.63) is 242 Å². The number of anilines is 12. The van der Waals surface area contributed by atoms with E-state index in [9.17, 15) is 24.0 Å². The van der Waals surface area contributed by atoms with Gasteiger partial charge < -0.3 is 82.2 Å².